The molecule has 0 aromatic carbocycles. The minimum Gasteiger partial charge on any atom is -0.334 e. The van der Waals surface area contributed by atoms with Crippen molar-refractivity contribution in [1.82, 2.24) is 15.1 Å². The molecule has 2 aromatic rings. The van der Waals surface area contributed by atoms with Gasteiger partial charge in [0, 0.05) is 12.4 Å². The van der Waals surface area contributed by atoms with Crippen LogP contribution in [0.25, 0.3) is 11.5 Å². The number of alkyl halides is 1. The molecule has 0 N–H and O–H groups in total. The Hall–Kier alpha value is -1.13. The van der Waals surface area contributed by atoms with E-state index in [0.29, 0.717) is 22.3 Å². The number of nitrogens with zero attached hydrogens (tertiary/aromatic N) is 3. The van der Waals surface area contributed by atoms with Crippen LogP contribution in [-0.4, -0.2) is 15.1 Å². The molecule has 2 rings (SSSR count). The Labute approximate surface area is 89.9 Å². The Morgan fingerprint density at radius 2 is 2.29 bits per heavy atom. The van der Waals surface area contributed by atoms with Crippen molar-refractivity contribution in [2.24, 2.45) is 0 Å². The second kappa shape index (κ2) is 3.94. The van der Waals surface area contributed by atoms with Gasteiger partial charge in [-0.25, -0.2) is 0 Å². The summed E-state index contributed by atoms with van der Waals surface area (Å²) >= 11 is 11.4. The van der Waals surface area contributed by atoms with Crippen molar-refractivity contribution in [3.05, 3.63) is 29.3 Å². The molecule has 14 heavy (non-hydrogen) atoms. The zero-order valence-corrected chi connectivity index (χ0v) is 8.46. The molecule has 2 heterocycles. The smallest absolute Gasteiger partial charge is 0.259 e. The monoisotopic (exact) mass is 229 g/mol. The third-order valence-electron chi connectivity index (χ3n) is 1.59. The van der Waals surface area contributed by atoms with Crippen LogP contribution in [0.5, 0.6) is 0 Å². The van der Waals surface area contributed by atoms with Gasteiger partial charge >= 0.3 is 0 Å². The van der Waals surface area contributed by atoms with E-state index in [1.54, 1.807) is 12.3 Å². The highest BCUT2D eigenvalue weighted by Gasteiger charge is 2.10. The summed E-state index contributed by atoms with van der Waals surface area (Å²) < 4.78 is 4.96. The predicted molar refractivity (Wildman–Crippen MR) is 52.1 cm³/mol. The van der Waals surface area contributed by atoms with Crippen molar-refractivity contribution in [3.63, 3.8) is 0 Å². The lowest BCUT2D eigenvalue weighted by atomic mass is 10.3. The third kappa shape index (κ3) is 1.71. The Bertz CT molecular complexity index is 444. The van der Waals surface area contributed by atoms with Crippen molar-refractivity contribution in [2.75, 3.05) is 0 Å². The predicted octanol–water partition coefficient (Wildman–Crippen LogP) is 2.52. The average molecular weight is 230 g/mol. The summed E-state index contributed by atoms with van der Waals surface area (Å²) in [5, 5.41) is 4.12. The molecule has 2 aromatic heterocycles. The molecular formula is C8H5Cl2N3O. The molecule has 0 fully saturated rings. The van der Waals surface area contributed by atoms with Gasteiger partial charge in [0.15, 0.2) is 5.82 Å². The fourth-order valence-electron chi connectivity index (χ4n) is 0.966. The first kappa shape index (κ1) is 9.43. The molecule has 0 amide bonds. The highest BCUT2D eigenvalue weighted by molar-refractivity contribution is 6.32. The van der Waals surface area contributed by atoms with Crippen LogP contribution in [0, 0.1) is 0 Å². The van der Waals surface area contributed by atoms with Crippen molar-refractivity contribution >= 4 is 23.2 Å². The zero-order chi connectivity index (χ0) is 9.97. The molecule has 0 unspecified atom stereocenters. The average Bonchev–Trinajstić information content (AvgIpc) is 2.67. The Morgan fingerprint density at radius 1 is 1.43 bits per heavy atom. The zero-order valence-electron chi connectivity index (χ0n) is 6.94. The lowest BCUT2D eigenvalue weighted by Gasteiger charge is -1.94. The van der Waals surface area contributed by atoms with Crippen molar-refractivity contribution < 1.29 is 4.52 Å². The summed E-state index contributed by atoms with van der Waals surface area (Å²) in [7, 11) is 0. The summed E-state index contributed by atoms with van der Waals surface area (Å²) in [5.41, 5.74) is 0.658. The molecule has 72 valence electrons. The number of aromatic nitrogens is 3. The summed E-state index contributed by atoms with van der Waals surface area (Å²) in [4.78, 5) is 7.89. The first-order chi connectivity index (χ1) is 6.81. The first-order valence-electron chi connectivity index (χ1n) is 3.79. The SMILES string of the molecule is ClCc1noc(-c2ccncc2Cl)n1. The van der Waals surface area contributed by atoms with Gasteiger partial charge in [0.2, 0.25) is 0 Å². The molecular weight excluding hydrogens is 225 g/mol. The number of hydrogen-bond donors (Lipinski definition) is 0. The highest BCUT2D eigenvalue weighted by atomic mass is 35.5. The molecule has 0 spiro atoms. The van der Waals surface area contributed by atoms with Gasteiger partial charge in [0.1, 0.15) is 0 Å². The fraction of sp³-hybridized carbons (Fsp3) is 0.125. The van der Waals surface area contributed by atoms with Crippen molar-refractivity contribution in [2.45, 2.75) is 5.88 Å². The normalized spacial score (nSPS) is 10.4. The molecule has 0 bridgehead atoms. The standard InChI is InChI=1S/C8H5Cl2N3O/c9-3-7-12-8(14-13-7)5-1-2-11-4-6(5)10/h1-2,4H,3H2. The first-order valence-corrected chi connectivity index (χ1v) is 4.71. The maximum absolute atomic E-state index is 5.89. The van der Waals surface area contributed by atoms with Crippen LogP contribution in [0.15, 0.2) is 23.0 Å². The molecule has 4 nitrogen and oxygen atoms in total. The topological polar surface area (TPSA) is 51.8 Å². The fourth-order valence-corrected chi connectivity index (χ4v) is 1.28. The van der Waals surface area contributed by atoms with Gasteiger partial charge in [-0.3, -0.25) is 4.98 Å². The van der Waals surface area contributed by atoms with Gasteiger partial charge in [-0.2, -0.15) is 4.98 Å². The van der Waals surface area contributed by atoms with Crippen LogP contribution in [0.2, 0.25) is 5.02 Å². The van der Waals surface area contributed by atoms with Crippen LogP contribution in [0.3, 0.4) is 0 Å². The van der Waals surface area contributed by atoms with Crippen LogP contribution >= 0.6 is 23.2 Å². The Kier molecular flexibility index (Phi) is 2.65. The van der Waals surface area contributed by atoms with Gasteiger partial charge in [-0.05, 0) is 6.07 Å². The maximum Gasteiger partial charge on any atom is 0.259 e. The number of rotatable bonds is 2. The van der Waals surface area contributed by atoms with Crippen molar-refractivity contribution in [1.29, 1.82) is 0 Å². The van der Waals surface area contributed by atoms with Crippen molar-refractivity contribution in [3.8, 4) is 11.5 Å². The highest BCUT2D eigenvalue weighted by Crippen LogP contribution is 2.24. The van der Waals surface area contributed by atoms with Gasteiger partial charge in [0.25, 0.3) is 5.89 Å². The van der Waals surface area contributed by atoms with E-state index in [1.807, 2.05) is 0 Å². The van der Waals surface area contributed by atoms with Gasteiger partial charge in [-0.15, -0.1) is 11.6 Å². The summed E-state index contributed by atoms with van der Waals surface area (Å²) in [6.45, 7) is 0. The lowest BCUT2D eigenvalue weighted by molar-refractivity contribution is 0.425. The van der Waals surface area contributed by atoms with Crippen LogP contribution in [0.1, 0.15) is 5.82 Å². The van der Waals surface area contributed by atoms with E-state index < -0.39 is 0 Å². The maximum atomic E-state index is 5.89. The van der Waals surface area contributed by atoms with Gasteiger partial charge < -0.3 is 4.52 Å². The van der Waals surface area contributed by atoms with Crippen LogP contribution < -0.4 is 0 Å². The van der Waals surface area contributed by atoms with Gasteiger partial charge in [0.05, 0.1) is 16.5 Å². The lowest BCUT2D eigenvalue weighted by Crippen LogP contribution is -1.82. The van der Waals surface area contributed by atoms with E-state index in [2.05, 4.69) is 15.1 Å². The van der Waals surface area contributed by atoms with E-state index in [4.69, 9.17) is 27.7 Å². The third-order valence-corrected chi connectivity index (χ3v) is 2.13. The van der Waals surface area contributed by atoms with E-state index in [9.17, 15) is 0 Å². The molecule has 0 aliphatic carbocycles. The van der Waals surface area contributed by atoms with E-state index >= 15 is 0 Å². The number of pyridine rings is 1. The molecule has 6 heteroatoms. The minimum atomic E-state index is 0.214. The second-order valence-electron chi connectivity index (χ2n) is 2.50. The molecule has 0 radical (unpaired) electrons. The van der Waals surface area contributed by atoms with Gasteiger partial charge in [-0.1, -0.05) is 16.8 Å². The Balaban J connectivity index is 2.44. The molecule has 0 aliphatic heterocycles. The number of halogens is 2. The largest absolute Gasteiger partial charge is 0.334 e. The van der Waals surface area contributed by atoms with Crippen LogP contribution in [-0.2, 0) is 5.88 Å². The van der Waals surface area contributed by atoms with E-state index in [1.165, 1.54) is 6.20 Å². The molecule has 0 saturated carbocycles. The molecule has 0 saturated heterocycles. The van der Waals surface area contributed by atoms with Crippen LogP contribution in [0.4, 0.5) is 0 Å². The summed E-state index contributed by atoms with van der Waals surface area (Å²) in [6.07, 6.45) is 3.12. The molecule has 0 atom stereocenters. The van der Waals surface area contributed by atoms with E-state index in [-0.39, 0.29) is 5.88 Å². The minimum absolute atomic E-state index is 0.214. The van der Waals surface area contributed by atoms with E-state index in [0.717, 1.165) is 0 Å². The second-order valence-corrected chi connectivity index (χ2v) is 3.18. The number of hydrogen-bond acceptors (Lipinski definition) is 4. The summed E-state index contributed by atoms with van der Waals surface area (Å²) in [5.74, 6) is 1.01. The quantitative estimate of drug-likeness (QED) is 0.743. The molecule has 0 aliphatic rings. The Morgan fingerprint density at radius 3 is 2.93 bits per heavy atom. The summed E-state index contributed by atoms with van der Waals surface area (Å²) in [6, 6.07) is 1.70.